The smallest absolute Gasteiger partial charge is 0.300 e. The van der Waals surface area contributed by atoms with E-state index in [0.29, 0.717) is 6.04 Å². The Balaban J connectivity index is 1.70. The molecular formula is C22H30N2O2Si. The van der Waals surface area contributed by atoms with Crippen LogP contribution in [0.2, 0.25) is 18.1 Å². The second-order valence-corrected chi connectivity index (χ2v) is 14.3. The summed E-state index contributed by atoms with van der Waals surface area (Å²) < 4.78 is 6.12. The van der Waals surface area contributed by atoms with Crippen molar-refractivity contribution in [1.82, 2.24) is 9.88 Å². The van der Waals surface area contributed by atoms with Gasteiger partial charge < -0.3 is 9.41 Å². The number of nitrogens with zero attached hydrogens (tertiary/aromatic N) is 1. The lowest BCUT2D eigenvalue weighted by Gasteiger charge is -2.41. The second kappa shape index (κ2) is 6.08. The predicted molar refractivity (Wildman–Crippen MR) is 113 cm³/mol. The fourth-order valence-corrected chi connectivity index (χ4v) is 5.04. The molecular weight excluding hydrogens is 352 g/mol. The van der Waals surface area contributed by atoms with Crippen LogP contribution in [-0.4, -0.2) is 43.8 Å². The molecule has 0 spiro atoms. The zero-order valence-corrected chi connectivity index (χ0v) is 18.2. The van der Waals surface area contributed by atoms with Crippen LogP contribution in [0.1, 0.15) is 31.9 Å². The highest BCUT2D eigenvalue weighted by atomic mass is 28.4. The molecule has 1 aliphatic heterocycles. The number of H-pyrrole nitrogens is 1. The van der Waals surface area contributed by atoms with Crippen LogP contribution in [-0.2, 0) is 15.6 Å². The first-order valence-electron chi connectivity index (χ1n) is 9.82. The Morgan fingerprint density at radius 2 is 2.04 bits per heavy atom. The molecule has 1 aromatic carbocycles. The van der Waals surface area contributed by atoms with Gasteiger partial charge in [0, 0.05) is 29.7 Å². The molecule has 5 heteroatoms. The Morgan fingerprint density at radius 3 is 2.74 bits per heavy atom. The molecule has 1 N–H and O–H groups in total. The van der Waals surface area contributed by atoms with Crippen molar-refractivity contribution in [1.29, 1.82) is 0 Å². The Kier molecular flexibility index (Phi) is 4.16. The molecule has 2 aliphatic rings. The van der Waals surface area contributed by atoms with Crippen molar-refractivity contribution in [3.05, 3.63) is 41.6 Å². The van der Waals surface area contributed by atoms with Gasteiger partial charge in [0.25, 0.3) is 8.32 Å². The van der Waals surface area contributed by atoms with E-state index in [1.165, 1.54) is 27.6 Å². The maximum Gasteiger partial charge on any atom is 0.300 e. The van der Waals surface area contributed by atoms with Gasteiger partial charge in [-0.2, -0.15) is 0 Å². The van der Waals surface area contributed by atoms with Gasteiger partial charge in [0.15, 0.2) is 0 Å². The fraction of sp³-hybridized carbons (Fsp3) is 0.500. The third-order valence-electron chi connectivity index (χ3n) is 6.73. The molecule has 1 aromatic heterocycles. The normalized spacial score (nSPS) is 23.1. The first-order valence-corrected chi connectivity index (χ1v) is 12.7. The van der Waals surface area contributed by atoms with Crippen LogP contribution in [0, 0.1) is 5.92 Å². The summed E-state index contributed by atoms with van der Waals surface area (Å²) in [5.74, 6) is -0.266. The molecule has 27 heavy (non-hydrogen) atoms. The van der Waals surface area contributed by atoms with Gasteiger partial charge in [-0.1, -0.05) is 39.0 Å². The van der Waals surface area contributed by atoms with Gasteiger partial charge in [0.1, 0.15) is 0 Å². The summed E-state index contributed by atoms with van der Waals surface area (Å²) in [4.78, 5) is 18.8. The molecule has 4 nitrogen and oxygen atoms in total. The predicted octanol–water partition coefficient (Wildman–Crippen LogP) is 4.59. The largest absolute Gasteiger partial charge is 0.519 e. The van der Waals surface area contributed by atoms with Gasteiger partial charge in [-0.15, -0.1) is 0 Å². The lowest BCUT2D eigenvalue weighted by atomic mass is 9.80. The van der Waals surface area contributed by atoms with Crippen LogP contribution >= 0.6 is 0 Å². The van der Waals surface area contributed by atoms with Crippen LogP contribution < -0.4 is 0 Å². The van der Waals surface area contributed by atoms with E-state index in [1.54, 1.807) is 0 Å². The lowest BCUT2D eigenvalue weighted by molar-refractivity contribution is -0.139. The summed E-state index contributed by atoms with van der Waals surface area (Å²) in [6.45, 7) is 11.5. The number of likely N-dealkylation sites (N-methyl/N-ethyl adjacent to an activating group) is 1. The first kappa shape index (κ1) is 18.5. The van der Waals surface area contributed by atoms with E-state index in [-0.39, 0.29) is 16.9 Å². The minimum absolute atomic E-state index is 0.0232. The number of fused-ring (bicyclic) bond motifs is 2. The number of nitrogens with one attached hydrogen (secondary N) is 1. The van der Waals surface area contributed by atoms with E-state index in [4.69, 9.17) is 4.43 Å². The van der Waals surface area contributed by atoms with Crippen molar-refractivity contribution in [2.75, 3.05) is 13.6 Å². The number of benzene rings is 1. The molecule has 0 bridgehead atoms. The Hall–Kier alpha value is -1.85. The third kappa shape index (κ3) is 2.97. The van der Waals surface area contributed by atoms with Crippen LogP contribution in [0.4, 0.5) is 0 Å². The quantitative estimate of drug-likeness (QED) is 0.773. The maximum absolute atomic E-state index is 13.1. The minimum Gasteiger partial charge on any atom is -0.519 e. The van der Waals surface area contributed by atoms with E-state index in [9.17, 15) is 4.79 Å². The third-order valence-corrected chi connectivity index (χ3v) is 11.1. The average molecular weight is 383 g/mol. The van der Waals surface area contributed by atoms with Crippen molar-refractivity contribution < 1.29 is 9.22 Å². The summed E-state index contributed by atoms with van der Waals surface area (Å²) in [7, 11) is 0.0115. The highest BCUT2D eigenvalue weighted by molar-refractivity contribution is 6.75. The zero-order chi connectivity index (χ0) is 19.6. The van der Waals surface area contributed by atoms with E-state index >= 15 is 0 Å². The van der Waals surface area contributed by atoms with Crippen LogP contribution in [0.3, 0.4) is 0 Å². The van der Waals surface area contributed by atoms with E-state index < -0.39 is 8.32 Å². The van der Waals surface area contributed by atoms with Gasteiger partial charge >= 0.3 is 5.97 Å². The van der Waals surface area contributed by atoms with Gasteiger partial charge in [-0.3, -0.25) is 9.69 Å². The van der Waals surface area contributed by atoms with E-state index in [2.05, 4.69) is 81.3 Å². The van der Waals surface area contributed by atoms with E-state index in [0.717, 1.165) is 13.0 Å². The van der Waals surface area contributed by atoms with Gasteiger partial charge in [0.05, 0.1) is 5.92 Å². The first-order chi connectivity index (χ1) is 12.6. The Morgan fingerprint density at radius 1 is 1.30 bits per heavy atom. The van der Waals surface area contributed by atoms with Gasteiger partial charge in [-0.25, -0.2) is 0 Å². The highest BCUT2D eigenvalue weighted by Gasteiger charge is 2.43. The number of aromatic nitrogens is 1. The number of rotatable bonds is 2. The number of aromatic amines is 1. The SMILES string of the molecule is CN1CC(C(=O)O[Si](C)(C)C(C)(C)C)C=C2c3cccc4[nH]cc(c34)CC21. The topological polar surface area (TPSA) is 45.3 Å². The Labute approximate surface area is 162 Å². The summed E-state index contributed by atoms with van der Waals surface area (Å²) in [5.41, 5.74) is 5.09. The average Bonchev–Trinajstić information content (AvgIpc) is 2.99. The molecule has 2 atom stereocenters. The lowest BCUT2D eigenvalue weighted by Crippen LogP contribution is -2.48. The molecule has 144 valence electrons. The van der Waals surface area contributed by atoms with Crippen LogP contribution in [0.5, 0.6) is 0 Å². The number of carbonyl (C=O) groups excluding carboxylic acids is 1. The molecule has 0 radical (unpaired) electrons. The number of hydrogen-bond donors (Lipinski definition) is 1. The monoisotopic (exact) mass is 382 g/mol. The van der Waals surface area contributed by atoms with Crippen molar-refractivity contribution in [2.45, 2.75) is 51.4 Å². The molecule has 2 heterocycles. The zero-order valence-electron chi connectivity index (χ0n) is 17.2. The summed E-state index contributed by atoms with van der Waals surface area (Å²) in [6.07, 6.45) is 5.31. The van der Waals surface area contributed by atoms with Crippen molar-refractivity contribution in [3.8, 4) is 0 Å². The summed E-state index contributed by atoms with van der Waals surface area (Å²) in [6, 6.07) is 6.74. The van der Waals surface area contributed by atoms with Crippen LogP contribution in [0.25, 0.3) is 16.5 Å². The van der Waals surface area contributed by atoms with Gasteiger partial charge in [-0.05, 0) is 54.4 Å². The fourth-order valence-electron chi connectivity index (χ4n) is 4.08. The summed E-state index contributed by atoms with van der Waals surface area (Å²) in [5, 5.41) is 1.34. The van der Waals surface area contributed by atoms with Crippen LogP contribution in [0.15, 0.2) is 30.5 Å². The molecule has 0 amide bonds. The highest BCUT2D eigenvalue weighted by Crippen LogP contribution is 2.42. The molecule has 1 aliphatic carbocycles. The van der Waals surface area contributed by atoms with Crippen molar-refractivity contribution >= 4 is 30.8 Å². The Bertz CT molecular complexity index is 935. The maximum atomic E-state index is 13.1. The van der Waals surface area contributed by atoms with E-state index in [1.807, 2.05) is 0 Å². The molecule has 4 rings (SSSR count). The summed E-state index contributed by atoms with van der Waals surface area (Å²) >= 11 is 0. The standard InChI is InChI=1S/C22H30N2O2Si/c1-22(2,3)27(5,6)26-21(25)15-10-17-16-8-7-9-18-20(16)14(12-23-18)11-19(17)24(4)13-15/h7-10,12,15,19,23H,11,13H2,1-6H3. The molecule has 0 fully saturated rings. The molecule has 2 aromatic rings. The number of carbonyl (C=O) groups is 1. The molecule has 0 saturated heterocycles. The van der Waals surface area contributed by atoms with Crippen molar-refractivity contribution in [2.24, 2.45) is 5.92 Å². The second-order valence-electron chi connectivity index (χ2n) is 9.61. The van der Waals surface area contributed by atoms with Gasteiger partial charge in [0.2, 0.25) is 0 Å². The minimum atomic E-state index is -2.12. The molecule has 0 saturated carbocycles. The van der Waals surface area contributed by atoms with Crippen molar-refractivity contribution in [3.63, 3.8) is 0 Å². The molecule has 2 unspecified atom stereocenters. The number of hydrogen-bond acceptors (Lipinski definition) is 3.